The number of benzene rings is 1. The fourth-order valence-corrected chi connectivity index (χ4v) is 2.95. The van der Waals surface area contributed by atoms with E-state index in [9.17, 15) is 14.4 Å². The second-order valence-corrected chi connectivity index (χ2v) is 7.09. The average molecular weight is 397 g/mol. The largest absolute Gasteiger partial charge is 0.489 e. The lowest BCUT2D eigenvalue weighted by atomic mass is 9.92. The summed E-state index contributed by atoms with van der Waals surface area (Å²) in [6.45, 7) is 15.2. The molecule has 1 aromatic carbocycles. The van der Waals surface area contributed by atoms with Gasteiger partial charge in [-0.2, -0.15) is 0 Å². The van der Waals surface area contributed by atoms with Crippen molar-refractivity contribution in [1.82, 2.24) is 15.1 Å². The number of ether oxygens (including phenoxy) is 1. The lowest BCUT2D eigenvalue weighted by Crippen LogP contribution is -2.44. The van der Waals surface area contributed by atoms with E-state index in [1.807, 2.05) is 6.92 Å². The van der Waals surface area contributed by atoms with Crippen LogP contribution >= 0.6 is 0 Å². The predicted octanol–water partition coefficient (Wildman–Crippen LogP) is 2.61. The van der Waals surface area contributed by atoms with E-state index in [4.69, 9.17) is 4.74 Å². The summed E-state index contributed by atoms with van der Waals surface area (Å²) in [7, 11) is 0. The Balaban J connectivity index is 2.15. The molecule has 1 aliphatic heterocycles. The van der Waals surface area contributed by atoms with Gasteiger partial charge in [-0.25, -0.2) is 4.79 Å². The minimum Gasteiger partial charge on any atom is -0.489 e. The Hall–Kier alpha value is -3.35. The predicted molar refractivity (Wildman–Crippen MR) is 111 cm³/mol. The van der Waals surface area contributed by atoms with Crippen LogP contribution in [0.1, 0.15) is 19.4 Å². The zero-order valence-electron chi connectivity index (χ0n) is 16.9. The van der Waals surface area contributed by atoms with Gasteiger partial charge in [-0.1, -0.05) is 30.9 Å². The molecule has 2 rings (SSSR count). The van der Waals surface area contributed by atoms with E-state index in [0.29, 0.717) is 31.0 Å². The van der Waals surface area contributed by atoms with E-state index in [1.54, 1.807) is 43.3 Å². The first kappa shape index (κ1) is 21.9. The smallest absolute Gasteiger partial charge is 0.325 e. The summed E-state index contributed by atoms with van der Waals surface area (Å²) in [5, 5.41) is 2.70. The van der Waals surface area contributed by atoms with Gasteiger partial charge in [-0.15, -0.1) is 13.2 Å². The van der Waals surface area contributed by atoms with Crippen molar-refractivity contribution in [2.75, 3.05) is 26.2 Å². The van der Waals surface area contributed by atoms with Gasteiger partial charge in [-0.05, 0) is 37.1 Å². The van der Waals surface area contributed by atoms with Gasteiger partial charge >= 0.3 is 6.03 Å². The minimum atomic E-state index is -1.26. The number of carbonyl (C=O) groups excluding carboxylic acids is 3. The van der Waals surface area contributed by atoms with Gasteiger partial charge in [0.25, 0.3) is 5.91 Å². The number of carbonyl (C=O) groups is 3. The lowest BCUT2D eigenvalue weighted by Gasteiger charge is -2.24. The molecule has 1 N–H and O–H groups in total. The molecule has 0 aliphatic carbocycles. The maximum Gasteiger partial charge on any atom is 0.325 e. The molecule has 1 saturated heterocycles. The van der Waals surface area contributed by atoms with Crippen LogP contribution in [0, 0.1) is 0 Å². The summed E-state index contributed by atoms with van der Waals surface area (Å²) < 4.78 is 5.56. The van der Waals surface area contributed by atoms with Crippen LogP contribution in [-0.4, -0.2) is 53.9 Å². The van der Waals surface area contributed by atoms with Crippen molar-refractivity contribution in [1.29, 1.82) is 0 Å². The molecule has 29 heavy (non-hydrogen) atoms. The normalized spacial score (nSPS) is 18.2. The molecule has 0 spiro atoms. The minimum absolute atomic E-state index is 0.303. The highest BCUT2D eigenvalue weighted by atomic mass is 16.5. The molecule has 7 heteroatoms. The number of hydrogen-bond donors (Lipinski definition) is 1. The second-order valence-electron chi connectivity index (χ2n) is 7.09. The van der Waals surface area contributed by atoms with Crippen LogP contribution in [0.4, 0.5) is 4.79 Å². The Kier molecular flexibility index (Phi) is 6.98. The Morgan fingerprint density at radius 1 is 1.21 bits per heavy atom. The van der Waals surface area contributed by atoms with Crippen molar-refractivity contribution in [2.45, 2.75) is 19.4 Å². The van der Waals surface area contributed by atoms with Gasteiger partial charge < -0.3 is 15.0 Å². The molecular formula is C22H27N3O4. The number of amides is 4. The van der Waals surface area contributed by atoms with E-state index in [1.165, 1.54) is 4.90 Å². The molecule has 0 aromatic heterocycles. The third-order valence-corrected chi connectivity index (χ3v) is 4.54. The van der Waals surface area contributed by atoms with Crippen molar-refractivity contribution in [2.24, 2.45) is 0 Å². The summed E-state index contributed by atoms with van der Waals surface area (Å²) in [6.07, 6.45) is 3.16. The molecular weight excluding hydrogens is 370 g/mol. The summed E-state index contributed by atoms with van der Waals surface area (Å²) >= 11 is 0. The monoisotopic (exact) mass is 397 g/mol. The van der Waals surface area contributed by atoms with Gasteiger partial charge in [0.15, 0.2) is 0 Å². The first-order valence-electron chi connectivity index (χ1n) is 9.24. The highest BCUT2D eigenvalue weighted by Gasteiger charge is 2.49. The third kappa shape index (κ3) is 4.93. The number of urea groups is 1. The Labute approximate surface area is 171 Å². The summed E-state index contributed by atoms with van der Waals surface area (Å²) in [5.74, 6) is -0.210. The molecule has 1 fully saturated rings. The molecule has 1 atom stereocenters. The number of imide groups is 1. The van der Waals surface area contributed by atoms with Gasteiger partial charge in [0.2, 0.25) is 5.91 Å². The number of hydrogen-bond acceptors (Lipinski definition) is 4. The molecule has 7 nitrogen and oxygen atoms in total. The van der Waals surface area contributed by atoms with Gasteiger partial charge in [0, 0.05) is 13.1 Å². The molecule has 1 heterocycles. The number of nitrogens with zero attached hydrogens (tertiary/aromatic N) is 2. The van der Waals surface area contributed by atoms with E-state index in [2.05, 4.69) is 25.1 Å². The first-order chi connectivity index (χ1) is 13.7. The average Bonchev–Trinajstić information content (AvgIpc) is 2.90. The lowest BCUT2D eigenvalue weighted by molar-refractivity contribution is -0.138. The van der Waals surface area contributed by atoms with Crippen LogP contribution in [0.25, 0.3) is 0 Å². The molecule has 0 saturated carbocycles. The molecule has 0 bridgehead atoms. The van der Waals surface area contributed by atoms with Crippen LogP contribution < -0.4 is 10.1 Å². The van der Waals surface area contributed by atoms with E-state index >= 15 is 0 Å². The SMILES string of the molecule is C=CCN(CC=C)C(=O)CN1C(=O)NC(C)(c2ccc(OCC(=C)C)cc2)C1=O. The standard InChI is InChI=1S/C22H27N3O4/c1-6-12-24(13-7-2)19(26)14-25-20(27)22(5,23-21(25)28)17-8-10-18(11-9-17)29-15-16(3)4/h6-11H,1-3,12-15H2,4-5H3,(H,23,28). The van der Waals surface area contributed by atoms with E-state index < -0.39 is 17.5 Å². The van der Waals surface area contributed by atoms with Crippen LogP contribution in [-0.2, 0) is 15.1 Å². The summed E-state index contributed by atoms with van der Waals surface area (Å²) in [5.41, 5.74) is 0.232. The summed E-state index contributed by atoms with van der Waals surface area (Å²) in [4.78, 5) is 40.4. The van der Waals surface area contributed by atoms with Crippen LogP contribution in [0.3, 0.4) is 0 Å². The maximum absolute atomic E-state index is 13.0. The molecule has 1 aromatic rings. The third-order valence-electron chi connectivity index (χ3n) is 4.54. The van der Waals surface area contributed by atoms with Gasteiger partial charge in [0.1, 0.15) is 24.4 Å². The fraction of sp³-hybridized carbons (Fsp3) is 0.318. The first-order valence-corrected chi connectivity index (χ1v) is 9.24. The molecule has 4 amide bonds. The molecule has 1 unspecified atom stereocenters. The van der Waals surface area contributed by atoms with E-state index in [-0.39, 0.29) is 12.5 Å². The second kappa shape index (κ2) is 9.23. The maximum atomic E-state index is 13.0. The zero-order chi connectivity index (χ0) is 21.6. The van der Waals surface area contributed by atoms with Crippen molar-refractivity contribution in [3.05, 3.63) is 67.3 Å². The number of nitrogens with one attached hydrogen (secondary N) is 1. The van der Waals surface area contributed by atoms with Crippen LogP contribution in [0.5, 0.6) is 5.75 Å². The van der Waals surface area contributed by atoms with Crippen molar-refractivity contribution < 1.29 is 19.1 Å². The molecule has 154 valence electrons. The van der Waals surface area contributed by atoms with Crippen molar-refractivity contribution in [3.63, 3.8) is 0 Å². The topological polar surface area (TPSA) is 79.0 Å². The quantitative estimate of drug-likeness (QED) is 0.486. The Morgan fingerprint density at radius 2 is 1.79 bits per heavy atom. The van der Waals surface area contributed by atoms with Gasteiger partial charge in [0.05, 0.1) is 0 Å². The Bertz CT molecular complexity index is 821. The highest BCUT2D eigenvalue weighted by molar-refractivity contribution is 6.09. The number of rotatable bonds is 10. The van der Waals surface area contributed by atoms with Crippen LogP contribution in [0.2, 0.25) is 0 Å². The van der Waals surface area contributed by atoms with Crippen molar-refractivity contribution in [3.8, 4) is 5.75 Å². The zero-order valence-corrected chi connectivity index (χ0v) is 16.9. The Morgan fingerprint density at radius 3 is 2.31 bits per heavy atom. The van der Waals surface area contributed by atoms with E-state index in [0.717, 1.165) is 10.5 Å². The molecule has 0 radical (unpaired) electrons. The van der Waals surface area contributed by atoms with Crippen LogP contribution in [0.15, 0.2) is 61.7 Å². The fourth-order valence-electron chi connectivity index (χ4n) is 2.95. The highest BCUT2D eigenvalue weighted by Crippen LogP contribution is 2.30. The summed E-state index contributed by atoms with van der Waals surface area (Å²) in [6, 6.07) is 6.29. The van der Waals surface area contributed by atoms with Gasteiger partial charge in [-0.3, -0.25) is 14.5 Å². The van der Waals surface area contributed by atoms with Crippen molar-refractivity contribution >= 4 is 17.8 Å². The molecule has 1 aliphatic rings.